The smallest absolute Gasteiger partial charge is 0.222 e. The lowest BCUT2D eigenvalue weighted by Gasteiger charge is -2.70. The number of allylic oxidation sites excluding steroid dienone is 6. The Morgan fingerprint density at radius 1 is 0.889 bits per heavy atom. The first-order valence-electron chi connectivity index (χ1n) is 14.8. The molecule has 0 aromatic carbocycles. The lowest BCUT2D eigenvalue weighted by Crippen LogP contribution is -2.62. The Morgan fingerprint density at radius 2 is 1.58 bits per heavy atom. The van der Waals surface area contributed by atoms with Gasteiger partial charge in [-0.25, -0.2) is 0 Å². The minimum absolute atomic E-state index is 0.118. The van der Waals surface area contributed by atoms with Crippen LogP contribution in [0.5, 0.6) is 0 Å². The number of likely N-dealkylation sites (tertiary alicyclic amines) is 1. The summed E-state index contributed by atoms with van der Waals surface area (Å²) >= 11 is 0. The number of carbonyl (C=O) groups excluding carboxylic acids is 2. The van der Waals surface area contributed by atoms with Gasteiger partial charge in [-0.3, -0.25) is 9.59 Å². The van der Waals surface area contributed by atoms with Gasteiger partial charge in [-0.1, -0.05) is 59.3 Å². The van der Waals surface area contributed by atoms with Gasteiger partial charge in [0, 0.05) is 17.9 Å². The molecule has 3 heteroatoms. The number of Topliss-reactive ketones (excluding diaryl/α,β-unsaturated/α-hetero) is 1. The van der Waals surface area contributed by atoms with E-state index in [9.17, 15) is 9.59 Å². The zero-order chi connectivity index (χ0) is 25.7. The van der Waals surface area contributed by atoms with Crippen LogP contribution < -0.4 is 0 Å². The highest BCUT2D eigenvalue weighted by Gasteiger charge is 2.66. The van der Waals surface area contributed by atoms with Crippen LogP contribution in [0.2, 0.25) is 0 Å². The van der Waals surface area contributed by atoms with Crippen molar-refractivity contribution in [2.24, 2.45) is 38.9 Å². The molecule has 0 N–H and O–H groups in total. The standard InChI is InChI=1S/C33H47NO2/c1-22-23-9-10-26-31(4,24(23)19-25(35)28(22)36)14-16-33(6)27-20-29(2,21-34-17-7-8-18-34)11-12-30(27,3)13-15-32(26,33)5/h9-10,19,22,27H,7-8,11-18,20-21H2,1-6H3/t22?,27-,29-,30-,31+,32-,33+/m1/s1. The first-order valence-corrected chi connectivity index (χ1v) is 14.8. The van der Waals surface area contributed by atoms with Crippen molar-refractivity contribution < 1.29 is 9.59 Å². The molecule has 6 aliphatic rings. The third-order valence-electron chi connectivity index (χ3n) is 12.9. The minimum Gasteiger partial charge on any atom is -0.303 e. The molecule has 0 spiro atoms. The second-order valence-electron chi connectivity index (χ2n) is 15.0. The van der Waals surface area contributed by atoms with E-state index in [2.05, 4.69) is 51.7 Å². The van der Waals surface area contributed by atoms with Gasteiger partial charge in [0.15, 0.2) is 0 Å². The number of carbonyl (C=O) groups is 2. The normalized spacial score (nSPS) is 48.8. The van der Waals surface area contributed by atoms with Gasteiger partial charge in [0.25, 0.3) is 0 Å². The van der Waals surface area contributed by atoms with E-state index < -0.39 is 0 Å². The summed E-state index contributed by atoms with van der Waals surface area (Å²) in [7, 11) is 0. The van der Waals surface area contributed by atoms with E-state index in [0.29, 0.717) is 10.8 Å². The van der Waals surface area contributed by atoms with Crippen molar-refractivity contribution in [3.63, 3.8) is 0 Å². The second-order valence-corrected chi connectivity index (χ2v) is 15.0. The molecular weight excluding hydrogens is 442 g/mol. The van der Waals surface area contributed by atoms with E-state index in [-0.39, 0.29) is 33.7 Å². The Kier molecular flexibility index (Phi) is 5.36. The summed E-state index contributed by atoms with van der Waals surface area (Å²) in [5, 5.41) is 0. The van der Waals surface area contributed by atoms with Crippen LogP contribution in [0.15, 0.2) is 34.9 Å². The number of nitrogens with zero attached hydrogens (tertiary/aromatic N) is 1. The zero-order valence-electron chi connectivity index (χ0n) is 23.6. The first kappa shape index (κ1) is 24.8. The predicted molar refractivity (Wildman–Crippen MR) is 145 cm³/mol. The Morgan fingerprint density at radius 3 is 2.31 bits per heavy atom. The van der Waals surface area contributed by atoms with Crippen molar-refractivity contribution in [2.45, 2.75) is 99.3 Å². The van der Waals surface area contributed by atoms with E-state index in [1.54, 1.807) is 11.6 Å². The summed E-state index contributed by atoms with van der Waals surface area (Å²) in [5.74, 6) is -0.127. The van der Waals surface area contributed by atoms with Gasteiger partial charge in [0.05, 0.1) is 0 Å². The molecule has 1 aliphatic heterocycles. The molecule has 5 aliphatic carbocycles. The maximum atomic E-state index is 12.7. The van der Waals surface area contributed by atoms with E-state index in [4.69, 9.17) is 0 Å². The highest BCUT2D eigenvalue weighted by molar-refractivity contribution is 6.44. The molecule has 3 nitrogen and oxygen atoms in total. The van der Waals surface area contributed by atoms with E-state index >= 15 is 0 Å². The van der Waals surface area contributed by atoms with E-state index in [1.807, 2.05) is 6.92 Å². The molecule has 4 fully saturated rings. The van der Waals surface area contributed by atoms with Crippen molar-refractivity contribution in [1.82, 2.24) is 4.90 Å². The zero-order valence-corrected chi connectivity index (χ0v) is 23.6. The summed E-state index contributed by atoms with van der Waals surface area (Å²) in [6.45, 7) is 18.6. The number of fused-ring (bicyclic) bond motifs is 7. The Hall–Kier alpha value is -1.48. The summed E-state index contributed by atoms with van der Waals surface area (Å²) < 4.78 is 0. The summed E-state index contributed by atoms with van der Waals surface area (Å²) in [6.07, 6.45) is 18.0. The van der Waals surface area contributed by atoms with Gasteiger partial charge in [-0.15, -0.1) is 0 Å². The van der Waals surface area contributed by atoms with E-state index in [1.165, 1.54) is 71.0 Å². The fraction of sp³-hybridized carbons (Fsp3) is 0.758. The number of hydrogen-bond donors (Lipinski definition) is 0. The molecule has 196 valence electrons. The molecule has 36 heavy (non-hydrogen) atoms. The van der Waals surface area contributed by atoms with Crippen LogP contribution in [0.25, 0.3) is 0 Å². The third-order valence-corrected chi connectivity index (χ3v) is 12.9. The average Bonchev–Trinajstić information content (AvgIpc) is 3.34. The molecule has 1 saturated heterocycles. The molecule has 0 aromatic rings. The van der Waals surface area contributed by atoms with Crippen LogP contribution in [0.1, 0.15) is 99.3 Å². The molecule has 0 radical (unpaired) electrons. The topological polar surface area (TPSA) is 37.4 Å². The van der Waals surface area contributed by atoms with Crippen molar-refractivity contribution in [2.75, 3.05) is 19.6 Å². The van der Waals surface area contributed by atoms with Crippen LogP contribution in [-0.2, 0) is 9.59 Å². The molecule has 0 aromatic heterocycles. The Bertz CT molecular complexity index is 1110. The van der Waals surface area contributed by atoms with Gasteiger partial charge in [-0.2, -0.15) is 0 Å². The summed E-state index contributed by atoms with van der Waals surface area (Å²) in [5.41, 5.74) is 4.87. The molecule has 1 unspecified atom stereocenters. The average molecular weight is 490 g/mol. The van der Waals surface area contributed by atoms with Crippen molar-refractivity contribution >= 4 is 11.6 Å². The highest BCUT2D eigenvalue weighted by atomic mass is 16.2. The van der Waals surface area contributed by atoms with Crippen LogP contribution in [0, 0.1) is 38.9 Å². The van der Waals surface area contributed by atoms with Gasteiger partial charge in [0.1, 0.15) is 0 Å². The molecule has 0 amide bonds. The minimum atomic E-state index is -0.312. The van der Waals surface area contributed by atoms with Gasteiger partial charge < -0.3 is 4.90 Å². The molecule has 1 heterocycles. The monoisotopic (exact) mass is 489 g/mol. The number of hydrogen-bond acceptors (Lipinski definition) is 3. The van der Waals surface area contributed by atoms with Gasteiger partial charge in [0.2, 0.25) is 11.6 Å². The molecule has 6 rings (SSSR count). The number of rotatable bonds is 2. The Balaban J connectivity index is 1.39. The number of ketones is 2. The first-order chi connectivity index (χ1) is 16.9. The predicted octanol–water partition coefficient (Wildman–Crippen LogP) is 7.08. The third kappa shape index (κ3) is 3.20. The largest absolute Gasteiger partial charge is 0.303 e. The summed E-state index contributed by atoms with van der Waals surface area (Å²) in [4.78, 5) is 27.9. The fourth-order valence-corrected chi connectivity index (χ4v) is 10.3. The maximum Gasteiger partial charge on any atom is 0.222 e. The maximum absolute atomic E-state index is 12.7. The fourth-order valence-electron chi connectivity index (χ4n) is 10.3. The van der Waals surface area contributed by atoms with E-state index in [0.717, 1.165) is 23.5 Å². The molecular formula is C33H47NO2. The molecule has 3 saturated carbocycles. The lowest BCUT2D eigenvalue weighted by molar-refractivity contribution is -0.163. The lowest BCUT2D eigenvalue weighted by atomic mass is 9.34. The van der Waals surface area contributed by atoms with Crippen LogP contribution in [0.4, 0.5) is 0 Å². The van der Waals surface area contributed by atoms with Crippen LogP contribution in [-0.4, -0.2) is 36.1 Å². The van der Waals surface area contributed by atoms with Crippen molar-refractivity contribution in [3.8, 4) is 0 Å². The molecule has 7 atom stereocenters. The second kappa shape index (κ2) is 7.78. The summed E-state index contributed by atoms with van der Waals surface area (Å²) in [6, 6.07) is 0. The van der Waals surface area contributed by atoms with Gasteiger partial charge in [-0.05, 0) is 116 Å². The quantitative estimate of drug-likeness (QED) is 0.389. The van der Waals surface area contributed by atoms with Gasteiger partial charge >= 0.3 is 0 Å². The highest BCUT2D eigenvalue weighted by Crippen LogP contribution is 2.75. The van der Waals surface area contributed by atoms with Crippen molar-refractivity contribution in [3.05, 3.63) is 34.9 Å². The molecule has 0 bridgehead atoms. The van der Waals surface area contributed by atoms with Crippen LogP contribution >= 0.6 is 0 Å². The van der Waals surface area contributed by atoms with Crippen molar-refractivity contribution in [1.29, 1.82) is 0 Å². The Labute approximate surface area is 218 Å². The van der Waals surface area contributed by atoms with Crippen LogP contribution in [0.3, 0.4) is 0 Å². The SMILES string of the molecule is CC1C(=O)C(=O)C=C2C1=CC=C1[C@@]2(C)CC[C@@]2(C)[C@@H]3C[C@](C)(CN4CCCC4)CC[C@]3(C)CC[C@]12C.